The van der Waals surface area contributed by atoms with Crippen LogP contribution < -0.4 is 19.8 Å². The monoisotopic (exact) mass is 625 g/mol. The SMILES string of the molecule is COc1ccc(NC(=O)Cn2c3c(sc2=O)[C@@H](c2cccc(Cl)c2Cl)[C@@H]2C(=O)N(c4ccccc4)C(=O)[C@@H]2S3)cc1. The topological polar surface area (TPSA) is 97.7 Å². The fraction of sp³-hybridized carbons (Fsp3) is 0.172. The number of ether oxygens (including phenoxy) is 1. The number of methoxy groups -OCH3 is 1. The van der Waals surface area contributed by atoms with Crippen molar-refractivity contribution in [1.29, 1.82) is 0 Å². The van der Waals surface area contributed by atoms with Crippen molar-refractivity contribution in [3.63, 3.8) is 0 Å². The molecule has 0 unspecified atom stereocenters. The smallest absolute Gasteiger partial charge is 0.308 e. The summed E-state index contributed by atoms with van der Waals surface area (Å²) in [5.74, 6) is -2.08. The van der Waals surface area contributed by atoms with E-state index in [9.17, 15) is 19.2 Å². The van der Waals surface area contributed by atoms with Crippen molar-refractivity contribution < 1.29 is 19.1 Å². The number of hydrogen-bond donors (Lipinski definition) is 1. The average molecular weight is 627 g/mol. The first kappa shape index (κ1) is 27.6. The van der Waals surface area contributed by atoms with Gasteiger partial charge in [-0.15, -0.1) is 0 Å². The second-order valence-corrected chi connectivity index (χ2v) is 12.3. The van der Waals surface area contributed by atoms with Crippen LogP contribution in [-0.4, -0.2) is 34.6 Å². The molecule has 3 aromatic carbocycles. The Bertz CT molecular complexity index is 1740. The number of thiazole rings is 1. The molecule has 0 radical (unpaired) electrons. The summed E-state index contributed by atoms with van der Waals surface area (Å²) in [5.41, 5.74) is 1.55. The molecule has 0 spiro atoms. The Balaban J connectivity index is 1.41. The Labute approximate surface area is 252 Å². The van der Waals surface area contributed by atoms with Crippen molar-refractivity contribution in [2.75, 3.05) is 17.3 Å². The number of nitrogens with zero attached hydrogens (tertiary/aromatic N) is 2. The summed E-state index contributed by atoms with van der Waals surface area (Å²) in [6, 6.07) is 20.6. The number of hydrogen-bond acceptors (Lipinski definition) is 7. The predicted octanol–water partition coefficient (Wildman–Crippen LogP) is 5.66. The van der Waals surface area contributed by atoms with Gasteiger partial charge in [-0.2, -0.15) is 0 Å². The molecule has 1 aromatic heterocycles. The van der Waals surface area contributed by atoms with E-state index in [0.717, 1.165) is 23.1 Å². The van der Waals surface area contributed by atoms with Gasteiger partial charge >= 0.3 is 4.87 Å². The molecule has 3 amide bonds. The first-order valence-corrected chi connectivity index (χ1v) is 14.9. The Morgan fingerprint density at radius 3 is 2.39 bits per heavy atom. The zero-order chi connectivity index (χ0) is 28.8. The van der Waals surface area contributed by atoms with E-state index >= 15 is 0 Å². The van der Waals surface area contributed by atoms with E-state index in [1.165, 1.54) is 9.47 Å². The van der Waals surface area contributed by atoms with Crippen LogP contribution in [0.1, 0.15) is 16.4 Å². The lowest BCUT2D eigenvalue weighted by molar-refractivity contribution is -0.122. The molecule has 0 aliphatic carbocycles. The van der Waals surface area contributed by atoms with Gasteiger partial charge in [0.05, 0.1) is 33.8 Å². The zero-order valence-electron chi connectivity index (χ0n) is 21.4. The second-order valence-electron chi connectivity index (χ2n) is 9.43. The third-order valence-corrected chi connectivity index (χ3v) is 10.5. The number of para-hydroxylation sites is 1. The Morgan fingerprint density at radius 1 is 0.951 bits per heavy atom. The molecular formula is C29H21Cl2N3O5S2. The number of amides is 3. The highest BCUT2D eigenvalue weighted by atomic mass is 35.5. The van der Waals surface area contributed by atoms with Crippen LogP contribution in [0, 0.1) is 5.92 Å². The summed E-state index contributed by atoms with van der Waals surface area (Å²) in [4.78, 5) is 55.4. The molecule has 6 rings (SSSR count). The number of rotatable bonds is 6. The Hall–Kier alpha value is -3.57. The van der Waals surface area contributed by atoms with Crippen LogP contribution in [0.3, 0.4) is 0 Å². The molecule has 1 fully saturated rings. The molecule has 4 aromatic rings. The normalized spacial score (nSPS) is 19.6. The molecular weight excluding hydrogens is 605 g/mol. The lowest BCUT2D eigenvalue weighted by Crippen LogP contribution is -2.33. The van der Waals surface area contributed by atoms with E-state index < -0.39 is 28.9 Å². The lowest BCUT2D eigenvalue weighted by Gasteiger charge is -2.31. The third-order valence-electron chi connectivity index (χ3n) is 7.06. The highest BCUT2D eigenvalue weighted by Gasteiger charge is 2.57. The molecule has 12 heteroatoms. The number of anilines is 2. The largest absolute Gasteiger partial charge is 0.497 e. The molecule has 8 nitrogen and oxygen atoms in total. The van der Waals surface area contributed by atoms with E-state index in [0.29, 0.717) is 37.6 Å². The highest BCUT2D eigenvalue weighted by Crippen LogP contribution is 2.55. The van der Waals surface area contributed by atoms with Crippen LogP contribution in [0.2, 0.25) is 10.0 Å². The maximum Gasteiger partial charge on any atom is 0.308 e. The first-order valence-electron chi connectivity index (χ1n) is 12.5. The fourth-order valence-corrected chi connectivity index (χ4v) is 8.39. The van der Waals surface area contributed by atoms with Crippen LogP contribution in [0.4, 0.5) is 11.4 Å². The van der Waals surface area contributed by atoms with Crippen molar-refractivity contribution in [2.45, 2.75) is 22.7 Å². The van der Waals surface area contributed by atoms with Crippen molar-refractivity contribution in [3.8, 4) is 5.75 Å². The van der Waals surface area contributed by atoms with Crippen LogP contribution in [0.15, 0.2) is 82.6 Å². The second kappa shape index (κ2) is 11.0. The van der Waals surface area contributed by atoms with Gasteiger partial charge in [0.25, 0.3) is 0 Å². The maximum atomic E-state index is 13.9. The molecule has 1 saturated heterocycles. The fourth-order valence-electron chi connectivity index (χ4n) is 5.20. The van der Waals surface area contributed by atoms with Crippen molar-refractivity contribution in [1.82, 2.24) is 4.57 Å². The number of aromatic nitrogens is 1. The summed E-state index contributed by atoms with van der Waals surface area (Å²) in [5, 5.41) is 2.96. The van der Waals surface area contributed by atoms with Gasteiger partial charge < -0.3 is 10.1 Å². The average Bonchev–Trinajstić information content (AvgIpc) is 3.41. The summed E-state index contributed by atoms with van der Waals surface area (Å²) < 4.78 is 6.51. The molecule has 41 heavy (non-hydrogen) atoms. The number of thioether (sulfide) groups is 1. The van der Waals surface area contributed by atoms with Gasteiger partial charge in [0, 0.05) is 16.5 Å². The molecule has 2 aliphatic rings. The van der Waals surface area contributed by atoms with Gasteiger partial charge in [-0.3, -0.25) is 23.7 Å². The van der Waals surface area contributed by atoms with Gasteiger partial charge in [-0.05, 0) is 48.0 Å². The Kier molecular flexibility index (Phi) is 7.41. The molecule has 208 valence electrons. The van der Waals surface area contributed by atoms with E-state index in [2.05, 4.69) is 5.32 Å². The number of benzene rings is 3. The Morgan fingerprint density at radius 2 is 1.68 bits per heavy atom. The molecule has 2 aliphatic heterocycles. The predicted molar refractivity (Wildman–Crippen MR) is 161 cm³/mol. The quantitative estimate of drug-likeness (QED) is 0.278. The van der Waals surface area contributed by atoms with Gasteiger partial charge in [0.15, 0.2) is 0 Å². The van der Waals surface area contributed by atoms with Crippen LogP contribution >= 0.6 is 46.3 Å². The van der Waals surface area contributed by atoms with E-state index in [1.807, 2.05) is 0 Å². The summed E-state index contributed by atoms with van der Waals surface area (Å²) in [7, 11) is 1.55. The molecule has 3 heterocycles. The van der Waals surface area contributed by atoms with Crippen molar-refractivity contribution in [3.05, 3.63) is 103 Å². The summed E-state index contributed by atoms with van der Waals surface area (Å²) in [6.45, 7) is -0.276. The minimum absolute atomic E-state index is 0.249. The van der Waals surface area contributed by atoms with Crippen LogP contribution in [0.5, 0.6) is 5.75 Å². The number of carbonyl (C=O) groups excluding carboxylic acids is 3. The number of halogens is 2. The van der Waals surface area contributed by atoms with Gasteiger partial charge in [-0.25, -0.2) is 4.90 Å². The number of fused-ring (bicyclic) bond motifs is 2. The van der Waals surface area contributed by atoms with E-state index in [-0.39, 0.29) is 22.3 Å². The summed E-state index contributed by atoms with van der Waals surface area (Å²) >= 11 is 15.1. The minimum atomic E-state index is -0.833. The number of carbonyl (C=O) groups is 3. The van der Waals surface area contributed by atoms with E-state index in [1.54, 1.807) is 79.9 Å². The molecule has 3 atom stereocenters. The molecule has 0 saturated carbocycles. The number of imide groups is 1. The molecule has 0 bridgehead atoms. The zero-order valence-corrected chi connectivity index (χ0v) is 24.5. The van der Waals surface area contributed by atoms with Crippen LogP contribution in [0.25, 0.3) is 0 Å². The van der Waals surface area contributed by atoms with E-state index in [4.69, 9.17) is 27.9 Å². The molecule has 1 N–H and O–H groups in total. The number of nitrogens with one attached hydrogen (secondary N) is 1. The third kappa shape index (κ3) is 4.84. The standard InChI is InChI=1S/C29H21Cl2N3O5S2/c1-39-17-12-10-15(11-13-17)32-20(35)14-33-28-25(41-29(33)38)21(18-8-5-9-19(30)23(18)31)22-24(40-28)27(37)34(26(22)36)16-6-3-2-4-7-16/h2-13,21-22,24H,14H2,1H3,(H,32,35)/t21-,22-,24+/m0/s1. The lowest BCUT2D eigenvalue weighted by atomic mass is 9.83. The van der Waals surface area contributed by atoms with Crippen molar-refractivity contribution >= 4 is 75.4 Å². The first-order chi connectivity index (χ1) is 19.8. The minimum Gasteiger partial charge on any atom is -0.497 e. The van der Waals surface area contributed by atoms with Crippen molar-refractivity contribution in [2.24, 2.45) is 5.92 Å². The maximum absolute atomic E-state index is 13.9. The summed E-state index contributed by atoms with van der Waals surface area (Å²) in [6.07, 6.45) is 0. The van der Waals surface area contributed by atoms with Gasteiger partial charge in [0.2, 0.25) is 17.7 Å². The van der Waals surface area contributed by atoms with Gasteiger partial charge in [-0.1, -0.05) is 76.6 Å². The van der Waals surface area contributed by atoms with Crippen LogP contribution in [-0.2, 0) is 20.9 Å². The van der Waals surface area contributed by atoms with Gasteiger partial charge in [0.1, 0.15) is 17.5 Å². The highest BCUT2D eigenvalue weighted by molar-refractivity contribution is 8.00.